The average Bonchev–Trinajstić information content (AvgIpc) is 3.45. The minimum atomic E-state index is 0.372. The molecule has 0 radical (unpaired) electrons. The minimum absolute atomic E-state index is 0.372. The van der Waals surface area contributed by atoms with Crippen molar-refractivity contribution < 1.29 is 0 Å². The summed E-state index contributed by atoms with van der Waals surface area (Å²) in [6.45, 7) is 0. The van der Waals surface area contributed by atoms with Crippen molar-refractivity contribution in [2.75, 3.05) is 0 Å². The topological polar surface area (TPSA) is 17.8 Å². The highest BCUT2D eigenvalue weighted by molar-refractivity contribution is 6.13. The lowest BCUT2D eigenvalue weighted by Gasteiger charge is -2.21. The van der Waals surface area contributed by atoms with E-state index in [1.165, 1.54) is 60.6 Å². The van der Waals surface area contributed by atoms with Gasteiger partial charge in [0, 0.05) is 33.1 Å². The van der Waals surface area contributed by atoms with Crippen LogP contribution in [0.5, 0.6) is 0 Å². The molecule has 0 fully saturated rings. The van der Waals surface area contributed by atoms with Crippen LogP contribution < -0.4 is 0 Å². The molecule has 0 N–H and O–H groups in total. The molecule has 0 amide bonds. The Balaban J connectivity index is 1.19. The molecule has 1 atom stereocenters. The van der Waals surface area contributed by atoms with Gasteiger partial charge in [-0.15, -0.1) is 0 Å². The number of pyridine rings is 1. The summed E-state index contributed by atoms with van der Waals surface area (Å²) in [6.07, 6.45) is 16.9. The Hall–Kier alpha value is -5.47. The normalized spacial score (nSPS) is 15.7. The molecule has 1 unspecified atom stereocenters. The second kappa shape index (κ2) is 10.6. The Labute approximate surface area is 263 Å². The molecule has 0 bridgehead atoms. The lowest BCUT2D eigenvalue weighted by Crippen LogP contribution is -2.11. The van der Waals surface area contributed by atoms with Gasteiger partial charge in [-0.25, -0.2) is 4.98 Å². The summed E-state index contributed by atoms with van der Waals surface area (Å²) in [6, 6.07) is 42.3. The highest BCUT2D eigenvalue weighted by Crippen LogP contribution is 2.40. The van der Waals surface area contributed by atoms with Gasteiger partial charge in [0.25, 0.3) is 0 Å². The summed E-state index contributed by atoms with van der Waals surface area (Å²) in [5.74, 6) is 0. The van der Waals surface area contributed by atoms with Gasteiger partial charge in [0.05, 0.1) is 17.3 Å². The molecule has 2 heterocycles. The zero-order chi connectivity index (χ0) is 29.7. The standard InChI is InChI=1S/C43H32N2/c1-3-12-29(13-4-1)37-28-40(44-39-24-22-30-14-7-8-19-35(30)43(37)39)33-16-11-15-31(26-33)32-23-25-42-38(27-32)36-20-9-10-21-41(36)45(42)34-17-5-2-6-18-34/h1-9,11-17,19-20,22-28,34H,10,18,21H2. The lowest BCUT2D eigenvalue weighted by molar-refractivity contribution is 0.599. The number of hydrogen-bond donors (Lipinski definition) is 0. The van der Waals surface area contributed by atoms with Crippen LogP contribution in [0.2, 0.25) is 0 Å². The number of benzene rings is 5. The summed E-state index contributed by atoms with van der Waals surface area (Å²) in [5.41, 5.74) is 12.2. The van der Waals surface area contributed by atoms with E-state index >= 15 is 0 Å². The third-order valence-corrected chi connectivity index (χ3v) is 9.54. The van der Waals surface area contributed by atoms with Crippen LogP contribution in [0, 0.1) is 0 Å². The fourth-order valence-electron chi connectivity index (χ4n) is 7.43. The third-order valence-electron chi connectivity index (χ3n) is 9.54. The van der Waals surface area contributed by atoms with Crippen LogP contribution in [0.25, 0.3) is 72.2 Å². The lowest BCUT2D eigenvalue weighted by atomic mass is 9.93. The smallest absolute Gasteiger partial charge is 0.0722 e. The van der Waals surface area contributed by atoms with Crippen LogP contribution in [0.4, 0.5) is 0 Å². The largest absolute Gasteiger partial charge is 0.337 e. The predicted octanol–water partition coefficient (Wildman–Crippen LogP) is 11.4. The Morgan fingerprint density at radius 3 is 2.40 bits per heavy atom. The summed E-state index contributed by atoms with van der Waals surface area (Å²) in [4.78, 5) is 5.25. The molecule has 0 spiro atoms. The fourth-order valence-corrected chi connectivity index (χ4v) is 7.43. The second-order valence-corrected chi connectivity index (χ2v) is 12.2. The van der Waals surface area contributed by atoms with E-state index in [9.17, 15) is 0 Å². The molecule has 2 aliphatic carbocycles. The maximum Gasteiger partial charge on any atom is 0.0722 e. The van der Waals surface area contributed by atoms with E-state index < -0.39 is 0 Å². The van der Waals surface area contributed by atoms with Gasteiger partial charge < -0.3 is 4.57 Å². The van der Waals surface area contributed by atoms with E-state index in [4.69, 9.17) is 4.98 Å². The molecule has 2 aromatic heterocycles. The van der Waals surface area contributed by atoms with E-state index in [0.717, 1.165) is 36.0 Å². The van der Waals surface area contributed by atoms with Crippen LogP contribution in [0.3, 0.4) is 0 Å². The van der Waals surface area contributed by atoms with Crippen molar-refractivity contribution in [2.45, 2.75) is 25.3 Å². The van der Waals surface area contributed by atoms with Crippen LogP contribution in [0.1, 0.15) is 30.1 Å². The summed E-state index contributed by atoms with van der Waals surface area (Å²) in [5, 5.41) is 5.01. The number of rotatable bonds is 4. The summed E-state index contributed by atoms with van der Waals surface area (Å²) >= 11 is 0. The summed E-state index contributed by atoms with van der Waals surface area (Å²) in [7, 11) is 0. The van der Waals surface area contributed by atoms with Crippen molar-refractivity contribution in [1.29, 1.82) is 0 Å². The van der Waals surface area contributed by atoms with Crippen molar-refractivity contribution in [3.8, 4) is 33.5 Å². The van der Waals surface area contributed by atoms with Gasteiger partial charge in [-0.3, -0.25) is 0 Å². The van der Waals surface area contributed by atoms with Crippen LogP contribution in [0.15, 0.2) is 146 Å². The molecular weight excluding hydrogens is 544 g/mol. The van der Waals surface area contributed by atoms with Crippen LogP contribution in [-0.4, -0.2) is 9.55 Å². The van der Waals surface area contributed by atoms with Gasteiger partial charge in [-0.2, -0.15) is 0 Å². The number of aromatic nitrogens is 2. The molecule has 2 heteroatoms. The monoisotopic (exact) mass is 576 g/mol. The van der Waals surface area contributed by atoms with Crippen LogP contribution in [-0.2, 0) is 6.42 Å². The van der Waals surface area contributed by atoms with Gasteiger partial charge in [0.2, 0.25) is 0 Å². The predicted molar refractivity (Wildman–Crippen MR) is 190 cm³/mol. The number of nitrogens with zero attached hydrogens (tertiary/aromatic N) is 2. The van der Waals surface area contributed by atoms with Crippen molar-refractivity contribution in [2.24, 2.45) is 0 Å². The van der Waals surface area contributed by atoms with E-state index in [-0.39, 0.29) is 0 Å². The van der Waals surface area contributed by atoms with Crippen LogP contribution >= 0.6 is 0 Å². The second-order valence-electron chi connectivity index (χ2n) is 12.2. The van der Waals surface area contributed by atoms with Gasteiger partial charge in [0.15, 0.2) is 0 Å². The highest BCUT2D eigenvalue weighted by atomic mass is 15.0. The van der Waals surface area contributed by atoms with Gasteiger partial charge in [-0.05, 0) is 82.6 Å². The Morgan fingerprint density at radius 1 is 0.644 bits per heavy atom. The third kappa shape index (κ3) is 4.37. The molecule has 9 rings (SSSR count). The molecule has 2 nitrogen and oxygen atoms in total. The quantitative estimate of drug-likeness (QED) is 0.191. The zero-order valence-corrected chi connectivity index (χ0v) is 25.0. The molecule has 214 valence electrons. The number of hydrogen-bond acceptors (Lipinski definition) is 1. The molecule has 0 saturated carbocycles. The van der Waals surface area contributed by atoms with Gasteiger partial charge in [0.1, 0.15) is 0 Å². The van der Waals surface area contributed by atoms with Crippen molar-refractivity contribution in [3.05, 3.63) is 157 Å². The first-order valence-electron chi connectivity index (χ1n) is 16.0. The molecule has 0 aliphatic heterocycles. The van der Waals surface area contributed by atoms with E-state index in [1.54, 1.807) is 0 Å². The Morgan fingerprint density at radius 2 is 1.49 bits per heavy atom. The Bertz CT molecular complexity index is 2350. The highest BCUT2D eigenvalue weighted by Gasteiger charge is 2.22. The van der Waals surface area contributed by atoms with Crippen molar-refractivity contribution in [3.63, 3.8) is 0 Å². The fraction of sp³-hybridized carbons (Fsp3) is 0.0930. The number of fused-ring (bicyclic) bond motifs is 6. The molecule has 7 aromatic rings. The molecular formula is C43H32N2. The first-order chi connectivity index (χ1) is 22.3. The minimum Gasteiger partial charge on any atom is -0.337 e. The van der Waals surface area contributed by atoms with E-state index in [1.807, 2.05) is 0 Å². The van der Waals surface area contributed by atoms with E-state index in [0.29, 0.717) is 6.04 Å². The Kier molecular flexibility index (Phi) is 6.12. The van der Waals surface area contributed by atoms with Gasteiger partial charge in [-0.1, -0.05) is 121 Å². The van der Waals surface area contributed by atoms with Crippen molar-refractivity contribution in [1.82, 2.24) is 9.55 Å². The molecule has 5 aromatic carbocycles. The maximum absolute atomic E-state index is 5.25. The van der Waals surface area contributed by atoms with E-state index in [2.05, 4.69) is 156 Å². The van der Waals surface area contributed by atoms with Gasteiger partial charge >= 0.3 is 0 Å². The summed E-state index contributed by atoms with van der Waals surface area (Å²) < 4.78 is 2.59. The first kappa shape index (κ1) is 26.0. The molecule has 45 heavy (non-hydrogen) atoms. The molecule has 2 aliphatic rings. The zero-order valence-electron chi connectivity index (χ0n) is 25.0. The SMILES string of the molecule is C1=CCC(n2c3c(c4cc(-c5cccc(-c6cc(-c7ccccc7)c7c(ccc8ccccc87)n6)c5)ccc42)C=CCC3)C=C1. The van der Waals surface area contributed by atoms with Crippen molar-refractivity contribution >= 4 is 38.7 Å². The maximum atomic E-state index is 5.25. The average molecular weight is 577 g/mol. The first-order valence-corrected chi connectivity index (χ1v) is 16.0. The number of allylic oxidation sites excluding steroid dienone is 5. The molecule has 0 saturated heterocycles.